The van der Waals surface area contributed by atoms with E-state index in [1.165, 1.54) is 18.4 Å². The van der Waals surface area contributed by atoms with Gasteiger partial charge >= 0.3 is 0 Å². The third kappa shape index (κ3) is 3.33. The molecule has 1 aliphatic heterocycles. The molecule has 2 aliphatic rings. The zero-order valence-electron chi connectivity index (χ0n) is 13.2. The summed E-state index contributed by atoms with van der Waals surface area (Å²) in [6.45, 7) is 1.66. The lowest BCUT2D eigenvalue weighted by Crippen LogP contribution is -2.61. The molecule has 1 amide bonds. The van der Waals surface area contributed by atoms with Crippen LogP contribution in [0.1, 0.15) is 50.0 Å². The lowest BCUT2D eigenvalue weighted by molar-refractivity contribution is -0.128. The minimum Gasteiger partial charge on any atom is -0.351 e. The summed E-state index contributed by atoms with van der Waals surface area (Å²) in [6, 6.07) is 10.8. The first-order valence-electron chi connectivity index (χ1n) is 8.54. The molecule has 1 saturated carbocycles. The zero-order valence-corrected chi connectivity index (χ0v) is 13.2. The Bertz CT molecular complexity index is 496. The van der Waals surface area contributed by atoms with E-state index in [1.807, 2.05) is 6.07 Å². The van der Waals surface area contributed by atoms with E-state index >= 15 is 0 Å². The van der Waals surface area contributed by atoms with Crippen molar-refractivity contribution >= 4 is 5.91 Å². The Balaban J connectivity index is 1.70. The number of hydrogen-bond acceptors (Lipinski definition) is 3. The molecule has 1 aromatic carbocycles. The quantitative estimate of drug-likeness (QED) is 0.799. The molecule has 120 valence electrons. The van der Waals surface area contributed by atoms with Gasteiger partial charge in [-0.25, -0.2) is 0 Å². The Morgan fingerprint density at radius 1 is 1.14 bits per heavy atom. The van der Waals surface area contributed by atoms with Gasteiger partial charge in [0.25, 0.3) is 0 Å². The molecule has 2 atom stereocenters. The van der Waals surface area contributed by atoms with Crippen molar-refractivity contribution in [1.82, 2.24) is 10.6 Å². The maximum atomic E-state index is 12.7. The van der Waals surface area contributed by atoms with Crippen molar-refractivity contribution in [3.05, 3.63) is 35.9 Å². The van der Waals surface area contributed by atoms with Crippen LogP contribution in [0.25, 0.3) is 0 Å². The van der Waals surface area contributed by atoms with Crippen LogP contribution in [0.15, 0.2) is 30.3 Å². The molecule has 1 aliphatic carbocycles. The fourth-order valence-electron chi connectivity index (χ4n) is 3.81. The average molecular weight is 301 g/mol. The molecule has 0 radical (unpaired) electrons. The number of hydrogen-bond donors (Lipinski definition) is 3. The Hall–Kier alpha value is -1.39. The highest BCUT2D eigenvalue weighted by Gasteiger charge is 2.38. The first-order valence-corrected chi connectivity index (χ1v) is 8.54. The van der Waals surface area contributed by atoms with Gasteiger partial charge in [0.15, 0.2) is 0 Å². The van der Waals surface area contributed by atoms with Crippen molar-refractivity contribution in [3.8, 4) is 0 Å². The highest BCUT2D eigenvalue weighted by Crippen LogP contribution is 2.33. The molecule has 0 aromatic heterocycles. The summed E-state index contributed by atoms with van der Waals surface area (Å²) in [4.78, 5) is 12.7. The summed E-state index contributed by atoms with van der Waals surface area (Å²) in [7, 11) is 0. The minimum atomic E-state index is -0.691. The van der Waals surface area contributed by atoms with Gasteiger partial charge in [0.05, 0.1) is 5.54 Å². The van der Waals surface area contributed by atoms with Crippen LogP contribution < -0.4 is 16.4 Å². The van der Waals surface area contributed by atoms with Crippen LogP contribution in [-0.2, 0) is 4.79 Å². The third-order valence-electron chi connectivity index (χ3n) is 5.26. The summed E-state index contributed by atoms with van der Waals surface area (Å²) in [5.41, 5.74) is 7.00. The third-order valence-corrected chi connectivity index (χ3v) is 5.26. The molecular formula is C18H27N3O. The number of rotatable bonds is 3. The molecule has 1 saturated heterocycles. The second-order valence-corrected chi connectivity index (χ2v) is 6.79. The van der Waals surface area contributed by atoms with Crippen LogP contribution in [0.2, 0.25) is 0 Å². The Kier molecular flexibility index (Phi) is 4.79. The maximum absolute atomic E-state index is 12.7. The van der Waals surface area contributed by atoms with Crippen LogP contribution >= 0.6 is 0 Å². The van der Waals surface area contributed by atoms with E-state index in [2.05, 4.69) is 34.9 Å². The standard InChI is InChI=1S/C18H27N3O/c19-18(10-12-20-13-11-18)17(22)21-16-9-5-4-8-15(16)14-6-2-1-3-7-14/h1-3,6-7,15-16,20H,4-5,8-13,19H2,(H,21,22)/t15-,16-/m1/s1. The summed E-state index contributed by atoms with van der Waals surface area (Å²) in [5, 5.41) is 6.56. The van der Waals surface area contributed by atoms with E-state index in [1.54, 1.807) is 0 Å². The molecular weight excluding hydrogens is 274 g/mol. The normalized spacial score (nSPS) is 28.0. The summed E-state index contributed by atoms with van der Waals surface area (Å²) >= 11 is 0. The second-order valence-electron chi connectivity index (χ2n) is 6.79. The fraction of sp³-hybridized carbons (Fsp3) is 0.611. The topological polar surface area (TPSA) is 67.2 Å². The highest BCUT2D eigenvalue weighted by atomic mass is 16.2. The van der Waals surface area contributed by atoms with Gasteiger partial charge in [-0.15, -0.1) is 0 Å². The van der Waals surface area contributed by atoms with Gasteiger partial charge in [-0.1, -0.05) is 43.2 Å². The number of nitrogens with two attached hydrogens (primary N) is 1. The Morgan fingerprint density at radius 2 is 1.82 bits per heavy atom. The molecule has 1 heterocycles. The summed E-state index contributed by atoms with van der Waals surface area (Å²) in [6.07, 6.45) is 6.08. The molecule has 22 heavy (non-hydrogen) atoms. The first kappa shape index (κ1) is 15.5. The van der Waals surface area contributed by atoms with Crippen molar-refractivity contribution in [3.63, 3.8) is 0 Å². The predicted octanol–water partition coefficient (Wildman–Crippen LogP) is 1.91. The van der Waals surface area contributed by atoms with E-state index in [9.17, 15) is 4.79 Å². The molecule has 3 rings (SSSR count). The number of nitrogens with one attached hydrogen (secondary N) is 2. The predicted molar refractivity (Wildman–Crippen MR) is 88.6 cm³/mol. The molecule has 4 N–H and O–H groups in total. The SMILES string of the molecule is NC1(C(=O)N[C@@H]2CCCC[C@@H]2c2ccccc2)CCNCC1. The Morgan fingerprint density at radius 3 is 2.55 bits per heavy atom. The fourth-order valence-corrected chi connectivity index (χ4v) is 3.81. The van der Waals surface area contributed by atoms with Crippen molar-refractivity contribution in [2.45, 2.75) is 56.0 Å². The van der Waals surface area contributed by atoms with Crippen LogP contribution in [0.3, 0.4) is 0 Å². The number of benzene rings is 1. The monoisotopic (exact) mass is 301 g/mol. The molecule has 4 heteroatoms. The van der Waals surface area contributed by atoms with Crippen LogP contribution in [-0.4, -0.2) is 30.6 Å². The van der Waals surface area contributed by atoms with Gasteiger partial charge in [-0.2, -0.15) is 0 Å². The number of piperidine rings is 1. The van der Waals surface area contributed by atoms with Crippen LogP contribution in [0.5, 0.6) is 0 Å². The number of carbonyl (C=O) groups is 1. The Labute approximate surface area is 132 Å². The van der Waals surface area contributed by atoms with E-state index in [0.717, 1.165) is 38.8 Å². The van der Waals surface area contributed by atoms with E-state index < -0.39 is 5.54 Å². The zero-order chi connectivity index (χ0) is 15.4. The second kappa shape index (κ2) is 6.80. The average Bonchev–Trinajstić information content (AvgIpc) is 2.57. The molecule has 0 spiro atoms. The summed E-state index contributed by atoms with van der Waals surface area (Å²) < 4.78 is 0. The van der Waals surface area contributed by atoms with Gasteiger partial charge in [0, 0.05) is 12.0 Å². The number of amides is 1. The molecule has 0 bridgehead atoms. The molecule has 1 aromatic rings. The van der Waals surface area contributed by atoms with Gasteiger partial charge < -0.3 is 16.4 Å². The van der Waals surface area contributed by atoms with Gasteiger partial charge in [-0.05, 0) is 44.3 Å². The maximum Gasteiger partial charge on any atom is 0.240 e. The van der Waals surface area contributed by atoms with Gasteiger partial charge in [0.1, 0.15) is 0 Å². The van der Waals surface area contributed by atoms with Gasteiger partial charge in [0.2, 0.25) is 5.91 Å². The van der Waals surface area contributed by atoms with E-state index in [-0.39, 0.29) is 11.9 Å². The lowest BCUT2D eigenvalue weighted by atomic mass is 9.79. The molecule has 0 unspecified atom stereocenters. The van der Waals surface area contributed by atoms with E-state index in [4.69, 9.17) is 5.73 Å². The number of carbonyl (C=O) groups excluding carboxylic acids is 1. The van der Waals surface area contributed by atoms with Crippen molar-refractivity contribution in [1.29, 1.82) is 0 Å². The van der Waals surface area contributed by atoms with Crippen LogP contribution in [0.4, 0.5) is 0 Å². The highest BCUT2D eigenvalue weighted by molar-refractivity contribution is 5.86. The molecule has 4 nitrogen and oxygen atoms in total. The largest absolute Gasteiger partial charge is 0.351 e. The molecule has 2 fully saturated rings. The van der Waals surface area contributed by atoms with E-state index in [0.29, 0.717) is 5.92 Å². The van der Waals surface area contributed by atoms with Crippen molar-refractivity contribution in [2.24, 2.45) is 5.73 Å². The van der Waals surface area contributed by atoms with Crippen molar-refractivity contribution in [2.75, 3.05) is 13.1 Å². The lowest BCUT2D eigenvalue weighted by Gasteiger charge is -2.37. The van der Waals surface area contributed by atoms with Crippen molar-refractivity contribution < 1.29 is 4.79 Å². The summed E-state index contributed by atoms with van der Waals surface area (Å²) in [5.74, 6) is 0.464. The first-order chi connectivity index (χ1) is 10.7. The van der Waals surface area contributed by atoms with Crippen LogP contribution in [0, 0.1) is 0 Å². The van der Waals surface area contributed by atoms with Gasteiger partial charge in [-0.3, -0.25) is 4.79 Å². The smallest absolute Gasteiger partial charge is 0.240 e. The minimum absolute atomic E-state index is 0.0434.